The van der Waals surface area contributed by atoms with Crippen molar-refractivity contribution in [3.8, 4) is 0 Å². The minimum atomic E-state index is 0.325. The Bertz CT molecular complexity index is 262. The lowest BCUT2D eigenvalue weighted by Crippen LogP contribution is -2.07. The molecule has 0 atom stereocenters. The lowest BCUT2D eigenvalue weighted by Gasteiger charge is -2.15. The number of hydrogen-bond donors (Lipinski definition) is 0. The third kappa shape index (κ3) is 3.85. The highest BCUT2D eigenvalue weighted by Crippen LogP contribution is 2.26. The van der Waals surface area contributed by atoms with Crippen molar-refractivity contribution in [2.75, 3.05) is 5.75 Å². The molecule has 13 heavy (non-hydrogen) atoms. The SMILES string of the molecule is CCc1cnc(SCC(C)(C)C)o1. The van der Waals surface area contributed by atoms with Crippen molar-refractivity contribution >= 4 is 11.8 Å². The molecule has 0 fully saturated rings. The highest BCUT2D eigenvalue weighted by atomic mass is 32.2. The molecule has 1 heterocycles. The van der Waals surface area contributed by atoms with E-state index in [1.54, 1.807) is 11.8 Å². The van der Waals surface area contributed by atoms with Gasteiger partial charge < -0.3 is 4.42 Å². The maximum Gasteiger partial charge on any atom is 0.255 e. The molecule has 0 amide bonds. The molecule has 0 spiro atoms. The van der Waals surface area contributed by atoms with Crippen LogP contribution < -0.4 is 0 Å². The van der Waals surface area contributed by atoms with Crippen molar-refractivity contribution in [3.63, 3.8) is 0 Å². The van der Waals surface area contributed by atoms with Gasteiger partial charge in [-0.3, -0.25) is 0 Å². The molecule has 0 bridgehead atoms. The van der Waals surface area contributed by atoms with E-state index in [0.717, 1.165) is 23.2 Å². The lowest BCUT2D eigenvalue weighted by atomic mass is 10.0. The van der Waals surface area contributed by atoms with Gasteiger partial charge in [0.05, 0.1) is 6.20 Å². The fourth-order valence-electron chi connectivity index (χ4n) is 0.798. The molecule has 0 aliphatic rings. The zero-order valence-corrected chi connectivity index (χ0v) is 9.57. The number of aromatic nitrogens is 1. The summed E-state index contributed by atoms with van der Waals surface area (Å²) < 4.78 is 5.48. The Morgan fingerprint density at radius 3 is 2.62 bits per heavy atom. The third-order valence-corrected chi connectivity index (χ3v) is 2.96. The summed E-state index contributed by atoms with van der Waals surface area (Å²) in [6.45, 7) is 8.70. The average molecular weight is 199 g/mol. The average Bonchev–Trinajstić information content (AvgIpc) is 2.47. The Morgan fingerprint density at radius 2 is 2.15 bits per heavy atom. The molecule has 0 radical (unpaired) electrons. The maximum absolute atomic E-state index is 5.48. The zero-order valence-electron chi connectivity index (χ0n) is 8.76. The second-order valence-electron chi connectivity index (χ2n) is 4.30. The van der Waals surface area contributed by atoms with Gasteiger partial charge in [0.25, 0.3) is 5.22 Å². The number of aryl methyl sites for hydroxylation is 1. The molecule has 1 aromatic rings. The van der Waals surface area contributed by atoms with E-state index in [-0.39, 0.29) is 0 Å². The number of nitrogens with zero attached hydrogens (tertiary/aromatic N) is 1. The molecule has 0 saturated carbocycles. The van der Waals surface area contributed by atoms with Gasteiger partial charge in [0.15, 0.2) is 0 Å². The summed E-state index contributed by atoms with van der Waals surface area (Å²) in [5.74, 6) is 2.01. The van der Waals surface area contributed by atoms with Crippen LogP contribution >= 0.6 is 11.8 Å². The number of thioether (sulfide) groups is 1. The molecule has 0 N–H and O–H groups in total. The Balaban J connectivity index is 2.46. The summed E-state index contributed by atoms with van der Waals surface area (Å²) in [7, 11) is 0. The Kier molecular flexibility index (Phi) is 3.42. The van der Waals surface area contributed by atoms with Gasteiger partial charge >= 0.3 is 0 Å². The molecule has 0 unspecified atom stereocenters. The molecule has 74 valence electrons. The standard InChI is InChI=1S/C10H17NOS/c1-5-8-6-11-9(12-8)13-7-10(2,3)4/h6H,5,7H2,1-4H3. The van der Waals surface area contributed by atoms with Crippen LogP contribution in [0.15, 0.2) is 15.8 Å². The van der Waals surface area contributed by atoms with Crippen molar-refractivity contribution < 1.29 is 4.42 Å². The summed E-state index contributed by atoms with van der Waals surface area (Å²) >= 11 is 1.69. The van der Waals surface area contributed by atoms with Gasteiger partial charge in [-0.2, -0.15) is 0 Å². The van der Waals surface area contributed by atoms with Crippen molar-refractivity contribution in [1.29, 1.82) is 0 Å². The van der Waals surface area contributed by atoms with E-state index in [9.17, 15) is 0 Å². The molecule has 1 rings (SSSR count). The summed E-state index contributed by atoms with van der Waals surface area (Å²) in [5.41, 5.74) is 0.325. The van der Waals surface area contributed by atoms with Gasteiger partial charge in [0, 0.05) is 12.2 Å². The van der Waals surface area contributed by atoms with Gasteiger partial charge in [0.2, 0.25) is 0 Å². The van der Waals surface area contributed by atoms with Gasteiger partial charge in [-0.25, -0.2) is 4.98 Å². The number of oxazole rings is 1. The third-order valence-electron chi connectivity index (χ3n) is 1.51. The Hall–Kier alpha value is -0.440. The van der Waals surface area contributed by atoms with E-state index in [0.29, 0.717) is 5.41 Å². The van der Waals surface area contributed by atoms with Crippen LogP contribution in [-0.4, -0.2) is 10.7 Å². The number of rotatable bonds is 3. The molecule has 0 aromatic carbocycles. The molecule has 3 heteroatoms. The predicted octanol–water partition coefficient (Wildman–Crippen LogP) is 3.38. The molecular formula is C10H17NOS. The first kappa shape index (κ1) is 10.6. The van der Waals surface area contributed by atoms with E-state index in [1.807, 2.05) is 6.20 Å². The van der Waals surface area contributed by atoms with Crippen LogP contribution in [0.2, 0.25) is 0 Å². The molecule has 0 aliphatic heterocycles. The lowest BCUT2D eigenvalue weighted by molar-refractivity contribution is 0.416. The predicted molar refractivity (Wildman–Crippen MR) is 56.1 cm³/mol. The van der Waals surface area contributed by atoms with Crippen LogP contribution in [0, 0.1) is 5.41 Å². The van der Waals surface area contributed by atoms with Crippen molar-refractivity contribution in [3.05, 3.63) is 12.0 Å². The fraction of sp³-hybridized carbons (Fsp3) is 0.700. The van der Waals surface area contributed by atoms with E-state index >= 15 is 0 Å². The van der Waals surface area contributed by atoms with Gasteiger partial charge in [-0.1, -0.05) is 39.5 Å². The van der Waals surface area contributed by atoms with E-state index in [1.165, 1.54) is 0 Å². The van der Waals surface area contributed by atoms with Crippen molar-refractivity contribution in [1.82, 2.24) is 4.98 Å². The first-order chi connectivity index (χ1) is 6.01. The summed E-state index contributed by atoms with van der Waals surface area (Å²) in [4.78, 5) is 4.19. The smallest absolute Gasteiger partial charge is 0.255 e. The Labute approximate surface area is 84.1 Å². The minimum absolute atomic E-state index is 0.325. The summed E-state index contributed by atoms with van der Waals surface area (Å²) in [5, 5.41) is 0.798. The Morgan fingerprint density at radius 1 is 1.46 bits per heavy atom. The largest absolute Gasteiger partial charge is 0.437 e. The summed E-state index contributed by atoms with van der Waals surface area (Å²) in [6, 6.07) is 0. The molecule has 0 aliphatic carbocycles. The minimum Gasteiger partial charge on any atom is -0.437 e. The second kappa shape index (κ2) is 4.18. The highest BCUT2D eigenvalue weighted by Gasteiger charge is 2.12. The van der Waals surface area contributed by atoms with Crippen LogP contribution in [0.25, 0.3) is 0 Å². The van der Waals surface area contributed by atoms with Gasteiger partial charge in [-0.15, -0.1) is 0 Å². The zero-order chi connectivity index (χ0) is 9.90. The van der Waals surface area contributed by atoms with Crippen LogP contribution in [0.5, 0.6) is 0 Å². The van der Waals surface area contributed by atoms with Crippen LogP contribution in [-0.2, 0) is 6.42 Å². The first-order valence-corrected chi connectivity index (χ1v) is 5.57. The highest BCUT2D eigenvalue weighted by molar-refractivity contribution is 7.99. The van der Waals surface area contributed by atoms with E-state index in [2.05, 4.69) is 32.7 Å². The van der Waals surface area contributed by atoms with E-state index < -0.39 is 0 Å². The van der Waals surface area contributed by atoms with Crippen LogP contribution in [0.4, 0.5) is 0 Å². The molecule has 2 nitrogen and oxygen atoms in total. The quantitative estimate of drug-likeness (QED) is 0.698. The van der Waals surface area contributed by atoms with Crippen LogP contribution in [0.3, 0.4) is 0 Å². The van der Waals surface area contributed by atoms with Crippen LogP contribution in [0.1, 0.15) is 33.5 Å². The first-order valence-electron chi connectivity index (χ1n) is 4.59. The maximum atomic E-state index is 5.48. The monoisotopic (exact) mass is 199 g/mol. The number of hydrogen-bond acceptors (Lipinski definition) is 3. The second-order valence-corrected chi connectivity index (χ2v) is 5.22. The van der Waals surface area contributed by atoms with Gasteiger partial charge in [0.1, 0.15) is 5.76 Å². The molecular weight excluding hydrogens is 182 g/mol. The molecule has 0 saturated heterocycles. The summed E-state index contributed by atoms with van der Waals surface area (Å²) in [6.07, 6.45) is 2.73. The molecule has 1 aromatic heterocycles. The van der Waals surface area contributed by atoms with Crippen molar-refractivity contribution in [2.24, 2.45) is 5.41 Å². The van der Waals surface area contributed by atoms with E-state index in [4.69, 9.17) is 4.42 Å². The normalized spacial score (nSPS) is 12.0. The van der Waals surface area contributed by atoms with Gasteiger partial charge in [-0.05, 0) is 5.41 Å². The fourth-order valence-corrected chi connectivity index (χ4v) is 1.65. The van der Waals surface area contributed by atoms with Crippen molar-refractivity contribution in [2.45, 2.75) is 39.3 Å². The topological polar surface area (TPSA) is 26.0 Å².